The molecule has 3 aromatic rings. The van der Waals surface area contributed by atoms with Crippen LogP contribution in [-0.4, -0.2) is 4.98 Å². The van der Waals surface area contributed by atoms with E-state index in [9.17, 15) is 13.2 Å². The molecule has 0 saturated heterocycles. The zero-order valence-corrected chi connectivity index (χ0v) is 12.3. The Morgan fingerprint density at radius 3 is 2.62 bits per heavy atom. The molecule has 3 nitrogen and oxygen atoms in total. The molecule has 0 fully saturated rings. The van der Waals surface area contributed by atoms with Gasteiger partial charge in [0.2, 0.25) is 0 Å². The maximum atomic E-state index is 12.7. The Balaban J connectivity index is 1.83. The Hall–Kier alpha value is -3.07. The van der Waals surface area contributed by atoms with E-state index >= 15 is 0 Å². The van der Waals surface area contributed by atoms with Crippen LogP contribution in [0.3, 0.4) is 0 Å². The van der Waals surface area contributed by atoms with Crippen molar-refractivity contribution in [1.29, 1.82) is 5.26 Å². The van der Waals surface area contributed by atoms with E-state index in [2.05, 4.69) is 4.98 Å². The van der Waals surface area contributed by atoms with E-state index < -0.39 is 11.7 Å². The second kappa shape index (κ2) is 6.20. The van der Waals surface area contributed by atoms with Crippen molar-refractivity contribution in [3.8, 4) is 17.3 Å². The van der Waals surface area contributed by atoms with Gasteiger partial charge in [0.25, 0.3) is 0 Å². The second-order valence-corrected chi connectivity index (χ2v) is 5.19. The van der Waals surface area contributed by atoms with Crippen LogP contribution >= 0.6 is 0 Å². The molecule has 0 spiro atoms. The molecule has 0 atom stereocenters. The van der Waals surface area contributed by atoms with Crippen molar-refractivity contribution < 1.29 is 17.6 Å². The lowest BCUT2D eigenvalue weighted by atomic mass is 10.1. The monoisotopic (exact) mass is 328 g/mol. The fraction of sp³-hybridized carbons (Fsp3) is 0.111. The Morgan fingerprint density at radius 2 is 1.88 bits per heavy atom. The van der Waals surface area contributed by atoms with Crippen LogP contribution in [0.4, 0.5) is 13.2 Å². The summed E-state index contributed by atoms with van der Waals surface area (Å²) in [6, 6.07) is 14.0. The van der Waals surface area contributed by atoms with Gasteiger partial charge >= 0.3 is 6.18 Å². The molecule has 0 aliphatic rings. The van der Waals surface area contributed by atoms with Gasteiger partial charge in [0, 0.05) is 12.0 Å². The molecule has 0 bridgehead atoms. The minimum atomic E-state index is -4.38. The first-order valence-corrected chi connectivity index (χ1v) is 7.07. The first-order valence-electron chi connectivity index (χ1n) is 7.07. The van der Waals surface area contributed by atoms with E-state index in [1.165, 1.54) is 12.3 Å². The normalized spacial score (nSPS) is 11.2. The van der Waals surface area contributed by atoms with Crippen LogP contribution < -0.4 is 0 Å². The number of aromatic nitrogens is 1. The highest BCUT2D eigenvalue weighted by Gasteiger charge is 2.30. The van der Waals surface area contributed by atoms with Gasteiger partial charge < -0.3 is 4.42 Å². The van der Waals surface area contributed by atoms with E-state index in [1.807, 2.05) is 6.07 Å². The highest BCUT2D eigenvalue weighted by Crippen LogP contribution is 2.30. The standard InChI is InChI=1S/C18H11F3N2O/c19-18(20,21)15-6-2-3-12(8-15)9-17-23-16(11-24-17)14-5-1-4-13(7-14)10-22/h1-8,11H,9H2. The van der Waals surface area contributed by atoms with Crippen LogP contribution in [-0.2, 0) is 12.6 Å². The van der Waals surface area contributed by atoms with Crippen LogP contribution in [0.2, 0.25) is 0 Å². The first-order chi connectivity index (χ1) is 11.5. The number of halogens is 3. The largest absolute Gasteiger partial charge is 0.448 e. The van der Waals surface area contributed by atoms with Crippen LogP contribution in [0.1, 0.15) is 22.6 Å². The van der Waals surface area contributed by atoms with Crippen LogP contribution in [0.5, 0.6) is 0 Å². The molecule has 24 heavy (non-hydrogen) atoms. The fourth-order valence-corrected chi connectivity index (χ4v) is 2.30. The highest BCUT2D eigenvalue weighted by molar-refractivity contribution is 5.60. The van der Waals surface area contributed by atoms with Gasteiger partial charge in [-0.2, -0.15) is 18.4 Å². The smallest absolute Gasteiger partial charge is 0.416 e. The molecule has 0 N–H and O–H groups in total. The van der Waals surface area contributed by atoms with E-state index in [4.69, 9.17) is 9.68 Å². The summed E-state index contributed by atoms with van der Waals surface area (Å²) >= 11 is 0. The average molecular weight is 328 g/mol. The van der Waals surface area contributed by atoms with Gasteiger partial charge in [-0.3, -0.25) is 0 Å². The molecule has 0 radical (unpaired) electrons. The third kappa shape index (κ3) is 3.46. The van der Waals surface area contributed by atoms with Gasteiger partial charge in [0.15, 0.2) is 5.89 Å². The molecular formula is C18H11F3N2O. The Labute approximate surface area is 136 Å². The van der Waals surface area contributed by atoms with Gasteiger partial charge in [-0.05, 0) is 23.8 Å². The Bertz CT molecular complexity index is 907. The summed E-state index contributed by atoms with van der Waals surface area (Å²) in [7, 11) is 0. The number of hydrogen-bond donors (Lipinski definition) is 0. The van der Waals surface area contributed by atoms with Crippen molar-refractivity contribution in [3.63, 3.8) is 0 Å². The number of nitriles is 1. The molecule has 1 aromatic heterocycles. The number of hydrogen-bond acceptors (Lipinski definition) is 3. The lowest BCUT2D eigenvalue weighted by Gasteiger charge is -2.07. The molecule has 6 heteroatoms. The number of nitrogens with zero attached hydrogens (tertiary/aromatic N) is 2. The third-order valence-electron chi connectivity index (χ3n) is 3.45. The predicted octanol–water partition coefficient (Wildman–Crippen LogP) is 4.82. The van der Waals surface area contributed by atoms with Gasteiger partial charge in [0.05, 0.1) is 17.2 Å². The molecule has 0 aliphatic carbocycles. The Kier molecular flexibility index (Phi) is 4.09. The van der Waals surface area contributed by atoms with E-state index in [0.717, 1.165) is 12.1 Å². The second-order valence-electron chi connectivity index (χ2n) is 5.19. The summed E-state index contributed by atoms with van der Waals surface area (Å²) in [4.78, 5) is 4.29. The predicted molar refractivity (Wildman–Crippen MR) is 80.9 cm³/mol. The summed E-state index contributed by atoms with van der Waals surface area (Å²) in [6.45, 7) is 0. The molecular weight excluding hydrogens is 317 g/mol. The number of alkyl halides is 3. The molecule has 120 valence electrons. The van der Waals surface area contributed by atoms with Gasteiger partial charge in [-0.15, -0.1) is 0 Å². The molecule has 1 heterocycles. The molecule has 0 saturated carbocycles. The number of oxazole rings is 1. The molecule has 3 rings (SSSR count). The summed E-state index contributed by atoms with van der Waals surface area (Å²) < 4.78 is 43.6. The van der Waals surface area contributed by atoms with Crippen molar-refractivity contribution in [2.24, 2.45) is 0 Å². The minimum absolute atomic E-state index is 0.155. The van der Waals surface area contributed by atoms with Gasteiger partial charge in [0.1, 0.15) is 12.0 Å². The SMILES string of the molecule is N#Cc1cccc(-c2coc(Cc3cccc(C(F)(F)F)c3)n2)c1. The number of rotatable bonds is 3. The average Bonchev–Trinajstić information content (AvgIpc) is 3.03. The molecule has 0 amide bonds. The fourth-order valence-electron chi connectivity index (χ4n) is 2.30. The highest BCUT2D eigenvalue weighted by atomic mass is 19.4. The topological polar surface area (TPSA) is 49.8 Å². The van der Waals surface area contributed by atoms with Crippen LogP contribution in [0.25, 0.3) is 11.3 Å². The quantitative estimate of drug-likeness (QED) is 0.692. The zero-order chi connectivity index (χ0) is 17.2. The molecule has 2 aromatic carbocycles. The van der Waals surface area contributed by atoms with Crippen molar-refractivity contribution in [2.45, 2.75) is 12.6 Å². The molecule has 0 aliphatic heterocycles. The van der Waals surface area contributed by atoms with Crippen molar-refractivity contribution >= 4 is 0 Å². The van der Waals surface area contributed by atoms with Crippen LogP contribution in [0, 0.1) is 11.3 Å². The maximum Gasteiger partial charge on any atom is 0.416 e. The zero-order valence-electron chi connectivity index (χ0n) is 12.3. The van der Waals surface area contributed by atoms with Gasteiger partial charge in [-0.1, -0.05) is 30.3 Å². The first kappa shape index (κ1) is 15.8. The Morgan fingerprint density at radius 1 is 1.08 bits per heavy atom. The van der Waals surface area contributed by atoms with Gasteiger partial charge in [-0.25, -0.2) is 4.98 Å². The lowest BCUT2D eigenvalue weighted by Crippen LogP contribution is -2.05. The van der Waals surface area contributed by atoms with E-state index in [-0.39, 0.29) is 6.42 Å². The maximum absolute atomic E-state index is 12.7. The van der Waals surface area contributed by atoms with Crippen molar-refractivity contribution in [3.05, 3.63) is 77.4 Å². The number of benzene rings is 2. The molecule has 0 unspecified atom stereocenters. The van der Waals surface area contributed by atoms with Crippen LogP contribution in [0.15, 0.2) is 59.2 Å². The summed E-state index contributed by atoms with van der Waals surface area (Å²) in [6.07, 6.45) is -2.79. The van der Waals surface area contributed by atoms with Crippen molar-refractivity contribution in [1.82, 2.24) is 4.98 Å². The summed E-state index contributed by atoms with van der Waals surface area (Å²) in [5, 5.41) is 8.91. The van der Waals surface area contributed by atoms with E-state index in [0.29, 0.717) is 28.3 Å². The summed E-state index contributed by atoms with van der Waals surface area (Å²) in [5.41, 5.74) is 1.51. The lowest BCUT2D eigenvalue weighted by molar-refractivity contribution is -0.137. The summed E-state index contributed by atoms with van der Waals surface area (Å²) in [5.74, 6) is 0.312. The van der Waals surface area contributed by atoms with Crippen molar-refractivity contribution in [2.75, 3.05) is 0 Å². The third-order valence-corrected chi connectivity index (χ3v) is 3.45. The minimum Gasteiger partial charge on any atom is -0.448 e. The van der Waals surface area contributed by atoms with E-state index in [1.54, 1.807) is 30.3 Å².